The molecule has 0 bridgehead atoms. The van der Waals surface area contributed by atoms with Crippen molar-refractivity contribution >= 4 is 5.97 Å². The summed E-state index contributed by atoms with van der Waals surface area (Å²) in [4.78, 5) is 13.5. The first-order valence-corrected chi connectivity index (χ1v) is 22.6. The molecule has 0 N–H and O–H groups in total. The van der Waals surface area contributed by atoms with Crippen LogP contribution in [0, 0.1) is 0 Å². The van der Waals surface area contributed by atoms with Crippen molar-refractivity contribution in [3.05, 3.63) is 0 Å². The number of carboxylic acids is 1. The number of hydrogen-bond acceptors (Lipinski definition) is 3. The van der Waals surface area contributed by atoms with Gasteiger partial charge < -0.3 is 14.8 Å². The molecule has 49 heavy (non-hydrogen) atoms. The van der Waals surface area contributed by atoms with Gasteiger partial charge in [-0.05, 0) is 51.7 Å². The Bertz CT molecular complexity index is 561. The Balaban J connectivity index is 0. The van der Waals surface area contributed by atoms with Crippen LogP contribution in [0.2, 0.25) is 0 Å². The molecule has 0 saturated carbocycles. The predicted octanol–water partition coefficient (Wildman–Crippen LogP) is 11.3. The van der Waals surface area contributed by atoms with E-state index in [0.717, 1.165) is 19.4 Å². The van der Waals surface area contributed by atoms with Gasteiger partial charge in [0.2, 0.25) is 0 Å². The molecule has 0 atom stereocenters. The van der Waals surface area contributed by atoms with Crippen LogP contribution in [0.4, 0.5) is 0 Å². The van der Waals surface area contributed by atoms with Crippen LogP contribution in [-0.2, 0) is 4.79 Å². The van der Waals surface area contributed by atoms with Crippen LogP contribution < -0.4 is 24.0 Å². The van der Waals surface area contributed by atoms with Crippen LogP contribution in [0.15, 0.2) is 0 Å². The Kier molecular flexibility index (Phi) is 48.1. The van der Waals surface area contributed by atoms with Gasteiger partial charge in [0.25, 0.3) is 0 Å². The second-order valence-corrected chi connectivity index (χ2v) is 15.7. The fourth-order valence-electron chi connectivity index (χ4n) is 7.41. The van der Waals surface area contributed by atoms with Gasteiger partial charge in [-0.2, -0.15) is 0 Å². The number of carboxylic acid groups (broad SMARTS) is 1. The molecule has 0 aromatic rings. The third-order valence-corrected chi connectivity index (χ3v) is 10.8. The summed E-state index contributed by atoms with van der Waals surface area (Å²) in [5.41, 5.74) is 0. The summed E-state index contributed by atoms with van der Waals surface area (Å²) in [6.45, 7) is 8.05. The molecule has 0 rings (SSSR count). The van der Waals surface area contributed by atoms with Gasteiger partial charge in [0.05, 0.1) is 0 Å². The summed E-state index contributed by atoms with van der Waals surface area (Å²) in [7, 11) is 0. The maximum Gasteiger partial charge on any atom is 1.00 e. The van der Waals surface area contributed by atoms with E-state index in [1.165, 1.54) is 244 Å². The Hall–Kier alpha value is 0.0274. The number of rotatable bonds is 43. The standard InChI is InChI=1S/C45H91NO2.Li/c1-3-5-7-9-11-13-15-17-19-21-23-25-27-29-31-33-35-38-42-46(44-40-37-41-45(47)48)43-39-36-34-32-30-28-26-24-22-20-18-16-14-12-10-8-6-4-2;/h3-44H2,1-2H3,(H,47,48);/q;+1/p-1. The average molecular weight is 684 g/mol. The minimum absolute atomic E-state index is 0. The van der Waals surface area contributed by atoms with E-state index in [0.29, 0.717) is 0 Å². The molecule has 0 amide bonds. The van der Waals surface area contributed by atoms with Crippen molar-refractivity contribution in [2.75, 3.05) is 19.6 Å². The third-order valence-electron chi connectivity index (χ3n) is 10.8. The monoisotopic (exact) mass is 684 g/mol. The number of carbonyl (C=O) groups excluding carboxylic acids is 1. The minimum atomic E-state index is -0.895. The zero-order valence-electron chi connectivity index (χ0n) is 34.5. The van der Waals surface area contributed by atoms with E-state index >= 15 is 0 Å². The number of nitrogens with zero attached hydrogens (tertiary/aromatic N) is 1. The molecule has 0 aliphatic carbocycles. The van der Waals surface area contributed by atoms with E-state index in [1.807, 2.05) is 0 Å². The van der Waals surface area contributed by atoms with Crippen LogP contribution >= 0.6 is 0 Å². The van der Waals surface area contributed by atoms with Gasteiger partial charge in [0, 0.05) is 5.97 Å². The fourth-order valence-corrected chi connectivity index (χ4v) is 7.41. The molecule has 0 fully saturated rings. The van der Waals surface area contributed by atoms with Crippen molar-refractivity contribution in [2.24, 2.45) is 0 Å². The molecule has 0 aliphatic rings. The van der Waals surface area contributed by atoms with Crippen molar-refractivity contribution in [1.82, 2.24) is 4.90 Å². The second-order valence-electron chi connectivity index (χ2n) is 15.7. The Morgan fingerprint density at radius 1 is 0.327 bits per heavy atom. The third kappa shape index (κ3) is 46.0. The average Bonchev–Trinajstić information content (AvgIpc) is 3.08. The molecule has 0 heterocycles. The molecule has 0 aromatic carbocycles. The predicted molar refractivity (Wildman–Crippen MR) is 213 cm³/mol. The molecule has 3 nitrogen and oxygen atoms in total. The van der Waals surface area contributed by atoms with Gasteiger partial charge in [-0.3, -0.25) is 0 Å². The van der Waals surface area contributed by atoms with E-state index in [-0.39, 0.29) is 25.3 Å². The van der Waals surface area contributed by atoms with Gasteiger partial charge in [0.15, 0.2) is 0 Å². The van der Waals surface area contributed by atoms with Crippen molar-refractivity contribution in [1.29, 1.82) is 0 Å². The second kappa shape index (κ2) is 46.0. The fraction of sp³-hybridized carbons (Fsp3) is 0.978. The number of carbonyl (C=O) groups is 1. The number of hydrogen-bond donors (Lipinski definition) is 0. The zero-order valence-corrected chi connectivity index (χ0v) is 34.5. The Labute approximate surface area is 322 Å². The molecule has 0 aromatic heterocycles. The summed E-state index contributed by atoms with van der Waals surface area (Å²) in [6, 6.07) is 0. The number of unbranched alkanes of at least 4 members (excludes halogenated alkanes) is 35. The zero-order chi connectivity index (χ0) is 34.9. The summed E-state index contributed by atoms with van der Waals surface area (Å²) < 4.78 is 0. The van der Waals surface area contributed by atoms with Crippen LogP contribution in [-0.4, -0.2) is 30.5 Å². The largest absolute Gasteiger partial charge is 1.00 e. The number of aliphatic carboxylic acids is 1. The van der Waals surface area contributed by atoms with Gasteiger partial charge in [-0.15, -0.1) is 0 Å². The SMILES string of the molecule is CCCCCCCCCCCCCCCCCCCCN(CCCCCCCCCCCCCCCCCCCC)CCCCC(=O)[O-].[Li+]. The van der Waals surface area contributed by atoms with Crippen molar-refractivity contribution < 1.29 is 28.8 Å². The van der Waals surface area contributed by atoms with Crippen molar-refractivity contribution in [3.63, 3.8) is 0 Å². The summed E-state index contributed by atoms with van der Waals surface area (Å²) in [5.74, 6) is -0.895. The smallest absolute Gasteiger partial charge is 0.550 e. The first-order chi connectivity index (χ1) is 23.7. The van der Waals surface area contributed by atoms with Gasteiger partial charge >= 0.3 is 18.9 Å². The van der Waals surface area contributed by atoms with E-state index in [1.54, 1.807) is 0 Å². The van der Waals surface area contributed by atoms with Gasteiger partial charge in [-0.1, -0.05) is 232 Å². The quantitative estimate of drug-likeness (QED) is 0.0474. The molecule has 0 saturated heterocycles. The Morgan fingerprint density at radius 2 is 0.510 bits per heavy atom. The summed E-state index contributed by atoms with van der Waals surface area (Å²) in [6.07, 6.45) is 53.2. The molecule has 288 valence electrons. The molecule has 0 aliphatic heterocycles. The molecular weight excluding hydrogens is 593 g/mol. The molecule has 4 heteroatoms. The first-order valence-electron chi connectivity index (χ1n) is 22.6. The minimum Gasteiger partial charge on any atom is -0.550 e. The van der Waals surface area contributed by atoms with E-state index < -0.39 is 5.97 Å². The van der Waals surface area contributed by atoms with Gasteiger partial charge in [-0.25, -0.2) is 0 Å². The van der Waals surface area contributed by atoms with E-state index in [2.05, 4.69) is 18.7 Å². The van der Waals surface area contributed by atoms with Crippen molar-refractivity contribution in [3.8, 4) is 0 Å². The summed E-state index contributed by atoms with van der Waals surface area (Å²) >= 11 is 0. The van der Waals surface area contributed by atoms with Crippen LogP contribution in [0.3, 0.4) is 0 Å². The van der Waals surface area contributed by atoms with Crippen molar-refractivity contribution in [2.45, 2.75) is 264 Å². The Morgan fingerprint density at radius 3 is 0.714 bits per heavy atom. The topological polar surface area (TPSA) is 43.4 Å². The normalized spacial score (nSPS) is 11.4. The molecular formula is C45H90LiNO2. The van der Waals surface area contributed by atoms with E-state index in [4.69, 9.17) is 0 Å². The van der Waals surface area contributed by atoms with E-state index in [9.17, 15) is 9.90 Å². The van der Waals surface area contributed by atoms with Crippen LogP contribution in [0.5, 0.6) is 0 Å². The van der Waals surface area contributed by atoms with Crippen LogP contribution in [0.25, 0.3) is 0 Å². The van der Waals surface area contributed by atoms with Gasteiger partial charge in [0.1, 0.15) is 0 Å². The molecule has 0 spiro atoms. The maximum absolute atomic E-state index is 10.8. The molecule has 0 radical (unpaired) electrons. The van der Waals surface area contributed by atoms with Crippen LogP contribution in [0.1, 0.15) is 264 Å². The first kappa shape index (κ1) is 51.1. The molecule has 0 unspecified atom stereocenters. The summed E-state index contributed by atoms with van der Waals surface area (Å²) in [5, 5.41) is 10.8. The maximum atomic E-state index is 10.8.